The molecule has 4 heteroatoms. The molecule has 0 atom stereocenters. The van der Waals surface area contributed by atoms with Crippen LogP contribution in [-0.4, -0.2) is 10.7 Å². The largest absolute Gasteiger partial charge is 0.295 e. The Morgan fingerprint density at radius 1 is 1.18 bits per heavy atom. The second-order valence-electron chi connectivity index (χ2n) is 3.68. The zero-order chi connectivity index (χ0) is 12.8. The number of carbonyl (C=O) groups excluding carboxylic acids is 1. The number of nitrogens with zero attached hydrogens (tertiary/aromatic N) is 1. The maximum Gasteiger partial charge on any atom is 0.269 e. The first kappa shape index (κ1) is 12.8. The summed E-state index contributed by atoms with van der Waals surface area (Å²) in [6.45, 7) is 3.34. The van der Waals surface area contributed by atoms with Crippen molar-refractivity contribution in [1.82, 2.24) is 0 Å². The Kier molecular flexibility index (Phi) is 4.34. The number of benzene rings is 1. The van der Waals surface area contributed by atoms with Crippen molar-refractivity contribution in [3.63, 3.8) is 0 Å². The maximum atomic E-state index is 10.7. The highest BCUT2D eigenvalue weighted by molar-refractivity contribution is 5.87. The minimum absolute atomic E-state index is 0.0125. The second-order valence-corrected chi connectivity index (χ2v) is 3.68. The van der Waals surface area contributed by atoms with Crippen LogP contribution in [-0.2, 0) is 4.79 Å². The molecule has 0 aromatic heterocycles. The normalized spacial score (nSPS) is 11.8. The van der Waals surface area contributed by atoms with E-state index >= 15 is 0 Å². The highest BCUT2D eigenvalue weighted by Gasteiger charge is 2.02. The average Bonchev–Trinajstić information content (AvgIpc) is 2.27. The van der Waals surface area contributed by atoms with Crippen LogP contribution in [0.5, 0.6) is 0 Å². The summed E-state index contributed by atoms with van der Waals surface area (Å²) in [5.74, 6) is -0.0125. The molecular weight excluding hydrogens is 218 g/mol. The first-order chi connectivity index (χ1) is 7.99. The number of nitro groups is 1. The fourth-order valence-electron chi connectivity index (χ4n) is 1.25. The SMILES string of the molecule is CC(=O)/C=C/C(C)=C/c1ccc([N+](=O)[O-])cc1. The lowest BCUT2D eigenvalue weighted by Gasteiger charge is -1.95. The number of nitro benzene ring substituents is 1. The molecule has 17 heavy (non-hydrogen) atoms. The first-order valence-electron chi connectivity index (χ1n) is 5.10. The standard InChI is InChI=1S/C13H13NO3/c1-10(3-4-11(2)15)9-12-5-7-13(8-6-12)14(16)17/h3-9H,1-2H3/b4-3+,10-9+. The van der Waals surface area contributed by atoms with Gasteiger partial charge in [0.15, 0.2) is 5.78 Å². The van der Waals surface area contributed by atoms with Crippen molar-refractivity contribution < 1.29 is 9.72 Å². The van der Waals surface area contributed by atoms with Crippen LogP contribution < -0.4 is 0 Å². The predicted octanol–water partition coefficient (Wildman–Crippen LogP) is 3.14. The number of carbonyl (C=O) groups is 1. The van der Waals surface area contributed by atoms with Crippen molar-refractivity contribution in [3.8, 4) is 0 Å². The fourth-order valence-corrected chi connectivity index (χ4v) is 1.25. The van der Waals surface area contributed by atoms with Gasteiger partial charge in [0.1, 0.15) is 0 Å². The molecule has 0 saturated carbocycles. The predicted molar refractivity (Wildman–Crippen MR) is 66.6 cm³/mol. The molecule has 0 heterocycles. The van der Waals surface area contributed by atoms with E-state index in [2.05, 4.69) is 0 Å². The van der Waals surface area contributed by atoms with E-state index in [4.69, 9.17) is 0 Å². The van der Waals surface area contributed by atoms with Gasteiger partial charge in [-0.25, -0.2) is 0 Å². The van der Waals surface area contributed by atoms with Crippen LogP contribution in [0.4, 0.5) is 5.69 Å². The molecule has 0 radical (unpaired) electrons. The lowest BCUT2D eigenvalue weighted by atomic mass is 10.1. The van der Waals surface area contributed by atoms with Gasteiger partial charge < -0.3 is 0 Å². The van der Waals surface area contributed by atoms with Crippen molar-refractivity contribution in [2.45, 2.75) is 13.8 Å². The molecular formula is C13H13NO3. The highest BCUT2D eigenvalue weighted by Crippen LogP contribution is 2.14. The average molecular weight is 231 g/mol. The molecule has 0 aliphatic carbocycles. The molecule has 0 saturated heterocycles. The third-order valence-electron chi connectivity index (χ3n) is 2.08. The molecule has 0 aliphatic heterocycles. The van der Waals surface area contributed by atoms with E-state index in [0.29, 0.717) is 0 Å². The number of hydrogen-bond donors (Lipinski definition) is 0. The summed E-state index contributed by atoms with van der Waals surface area (Å²) in [5.41, 5.74) is 1.84. The molecule has 1 aromatic carbocycles. The van der Waals surface area contributed by atoms with Gasteiger partial charge in [-0.2, -0.15) is 0 Å². The van der Waals surface area contributed by atoms with Gasteiger partial charge in [-0.05, 0) is 37.6 Å². The minimum Gasteiger partial charge on any atom is -0.295 e. The molecule has 1 rings (SSSR count). The van der Waals surface area contributed by atoms with Gasteiger partial charge in [0.05, 0.1) is 4.92 Å². The van der Waals surface area contributed by atoms with Gasteiger partial charge in [-0.15, -0.1) is 0 Å². The molecule has 4 nitrogen and oxygen atoms in total. The number of hydrogen-bond acceptors (Lipinski definition) is 3. The van der Waals surface area contributed by atoms with Crippen LogP contribution in [0.1, 0.15) is 19.4 Å². The zero-order valence-electron chi connectivity index (χ0n) is 9.71. The topological polar surface area (TPSA) is 60.2 Å². The van der Waals surface area contributed by atoms with E-state index < -0.39 is 4.92 Å². The zero-order valence-corrected chi connectivity index (χ0v) is 9.71. The molecule has 0 spiro atoms. The number of non-ortho nitro benzene ring substituents is 1. The number of allylic oxidation sites excluding steroid dienone is 3. The van der Waals surface area contributed by atoms with Crippen LogP contribution in [0.25, 0.3) is 6.08 Å². The van der Waals surface area contributed by atoms with Crippen LogP contribution in [0, 0.1) is 10.1 Å². The van der Waals surface area contributed by atoms with E-state index in [-0.39, 0.29) is 11.5 Å². The highest BCUT2D eigenvalue weighted by atomic mass is 16.6. The Bertz CT molecular complexity index is 484. The first-order valence-corrected chi connectivity index (χ1v) is 5.10. The summed E-state index contributed by atoms with van der Waals surface area (Å²) in [6.07, 6.45) is 5.05. The monoisotopic (exact) mass is 231 g/mol. The Balaban J connectivity index is 2.84. The van der Waals surface area contributed by atoms with E-state index in [9.17, 15) is 14.9 Å². The smallest absolute Gasteiger partial charge is 0.269 e. The van der Waals surface area contributed by atoms with E-state index in [1.807, 2.05) is 13.0 Å². The Morgan fingerprint density at radius 3 is 2.24 bits per heavy atom. The molecule has 0 amide bonds. The van der Waals surface area contributed by atoms with Gasteiger partial charge in [0, 0.05) is 12.1 Å². The van der Waals surface area contributed by atoms with E-state index in [1.54, 1.807) is 18.2 Å². The van der Waals surface area contributed by atoms with Crippen molar-refractivity contribution in [2.75, 3.05) is 0 Å². The van der Waals surface area contributed by atoms with Crippen LogP contribution in [0.3, 0.4) is 0 Å². The fraction of sp³-hybridized carbons (Fsp3) is 0.154. The Labute approximate surface area is 99.4 Å². The molecule has 0 N–H and O–H groups in total. The van der Waals surface area contributed by atoms with Crippen LogP contribution in [0.2, 0.25) is 0 Å². The molecule has 0 unspecified atom stereocenters. The lowest BCUT2D eigenvalue weighted by molar-refractivity contribution is -0.384. The summed E-state index contributed by atoms with van der Waals surface area (Å²) in [4.78, 5) is 20.8. The van der Waals surface area contributed by atoms with Crippen molar-refractivity contribution in [3.05, 3.63) is 57.7 Å². The van der Waals surface area contributed by atoms with Crippen LogP contribution >= 0.6 is 0 Å². The third kappa shape index (κ3) is 4.42. The number of rotatable bonds is 4. The summed E-state index contributed by atoms with van der Waals surface area (Å²) in [5, 5.41) is 10.5. The van der Waals surface area contributed by atoms with Gasteiger partial charge in [-0.3, -0.25) is 14.9 Å². The lowest BCUT2D eigenvalue weighted by Crippen LogP contribution is -1.86. The molecule has 0 aliphatic rings. The summed E-state index contributed by atoms with van der Waals surface area (Å²) < 4.78 is 0. The molecule has 88 valence electrons. The Morgan fingerprint density at radius 2 is 1.76 bits per heavy atom. The van der Waals surface area contributed by atoms with E-state index in [1.165, 1.54) is 25.1 Å². The third-order valence-corrected chi connectivity index (χ3v) is 2.08. The van der Waals surface area contributed by atoms with Gasteiger partial charge in [0.2, 0.25) is 0 Å². The summed E-state index contributed by atoms with van der Waals surface area (Å²) in [7, 11) is 0. The van der Waals surface area contributed by atoms with Gasteiger partial charge in [-0.1, -0.05) is 17.7 Å². The van der Waals surface area contributed by atoms with Gasteiger partial charge in [0.25, 0.3) is 5.69 Å². The van der Waals surface area contributed by atoms with Crippen LogP contribution in [0.15, 0.2) is 42.0 Å². The summed E-state index contributed by atoms with van der Waals surface area (Å²) >= 11 is 0. The minimum atomic E-state index is -0.435. The van der Waals surface area contributed by atoms with Crippen molar-refractivity contribution in [1.29, 1.82) is 0 Å². The number of ketones is 1. The second kappa shape index (κ2) is 5.75. The Hall–Kier alpha value is -2.23. The molecule has 0 bridgehead atoms. The van der Waals surface area contributed by atoms with E-state index in [0.717, 1.165) is 11.1 Å². The summed E-state index contributed by atoms with van der Waals surface area (Å²) in [6, 6.07) is 6.24. The van der Waals surface area contributed by atoms with Crippen molar-refractivity contribution in [2.24, 2.45) is 0 Å². The molecule has 0 fully saturated rings. The van der Waals surface area contributed by atoms with Gasteiger partial charge >= 0.3 is 0 Å². The quantitative estimate of drug-likeness (QED) is 0.346. The molecule has 1 aromatic rings. The maximum absolute atomic E-state index is 10.7. The van der Waals surface area contributed by atoms with Crippen molar-refractivity contribution >= 4 is 17.5 Å².